The molecule has 2 heterocycles. The van der Waals surface area contributed by atoms with Crippen LogP contribution in [0.25, 0.3) is 0 Å². The lowest BCUT2D eigenvalue weighted by Gasteiger charge is -2.11. The van der Waals surface area contributed by atoms with Crippen LogP contribution in [0.1, 0.15) is 23.2 Å². The molecule has 0 aliphatic rings. The number of nitrogens with zero attached hydrogens (tertiary/aromatic N) is 3. The van der Waals surface area contributed by atoms with Crippen LogP contribution in [-0.4, -0.2) is 20.1 Å². The van der Waals surface area contributed by atoms with Gasteiger partial charge in [-0.15, -0.1) is 0 Å². The van der Waals surface area contributed by atoms with Gasteiger partial charge in [0.1, 0.15) is 11.9 Å². The normalized spacial score (nSPS) is 12.4. The molecular formula is C12H12ClN3O. The molecular weight excluding hydrogens is 238 g/mol. The van der Waals surface area contributed by atoms with Gasteiger partial charge in [-0.05, 0) is 24.6 Å². The van der Waals surface area contributed by atoms with Gasteiger partial charge in [-0.3, -0.25) is 4.98 Å². The number of pyridine rings is 1. The second kappa shape index (κ2) is 5.21. The van der Waals surface area contributed by atoms with Gasteiger partial charge in [0.2, 0.25) is 0 Å². The van der Waals surface area contributed by atoms with Gasteiger partial charge >= 0.3 is 0 Å². The average molecular weight is 250 g/mol. The fraction of sp³-hybridized carbons (Fsp3) is 0.250. The van der Waals surface area contributed by atoms with E-state index in [1.165, 1.54) is 0 Å². The SMILES string of the molecule is Cc1nccc(C(O)Cc2ccncc2Cl)n1. The van der Waals surface area contributed by atoms with Crippen LogP contribution in [0.15, 0.2) is 30.7 Å². The second-order valence-electron chi connectivity index (χ2n) is 3.72. The van der Waals surface area contributed by atoms with Crippen molar-refractivity contribution in [2.75, 3.05) is 0 Å². The number of aliphatic hydroxyl groups excluding tert-OH is 1. The van der Waals surface area contributed by atoms with Crippen LogP contribution >= 0.6 is 11.6 Å². The van der Waals surface area contributed by atoms with E-state index in [-0.39, 0.29) is 0 Å². The number of aryl methyl sites for hydroxylation is 1. The van der Waals surface area contributed by atoms with Gasteiger partial charge in [0.05, 0.1) is 10.7 Å². The zero-order chi connectivity index (χ0) is 12.3. The molecule has 2 rings (SSSR count). The summed E-state index contributed by atoms with van der Waals surface area (Å²) in [6, 6.07) is 3.49. The zero-order valence-corrected chi connectivity index (χ0v) is 10.1. The Balaban J connectivity index is 2.17. The van der Waals surface area contributed by atoms with Gasteiger partial charge in [-0.2, -0.15) is 0 Å². The molecule has 0 spiro atoms. The molecule has 1 unspecified atom stereocenters. The molecule has 1 atom stereocenters. The summed E-state index contributed by atoms with van der Waals surface area (Å²) in [6.45, 7) is 1.79. The molecule has 0 aliphatic heterocycles. The summed E-state index contributed by atoms with van der Waals surface area (Å²) in [5.41, 5.74) is 1.45. The smallest absolute Gasteiger partial charge is 0.125 e. The van der Waals surface area contributed by atoms with E-state index in [0.717, 1.165) is 5.56 Å². The summed E-state index contributed by atoms with van der Waals surface area (Å²) in [7, 11) is 0. The van der Waals surface area contributed by atoms with Crippen molar-refractivity contribution in [3.63, 3.8) is 0 Å². The van der Waals surface area contributed by atoms with Gasteiger partial charge in [-0.1, -0.05) is 11.6 Å². The van der Waals surface area contributed by atoms with E-state index in [1.54, 1.807) is 37.6 Å². The lowest BCUT2D eigenvalue weighted by Crippen LogP contribution is -2.06. The van der Waals surface area contributed by atoms with E-state index >= 15 is 0 Å². The maximum atomic E-state index is 10.1. The van der Waals surface area contributed by atoms with E-state index in [0.29, 0.717) is 23.0 Å². The molecule has 0 fully saturated rings. The van der Waals surface area contributed by atoms with Crippen LogP contribution in [0.3, 0.4) is 0 Å². The minimum Gasteiger partial charge on any atom is -0.386 e. The molecule has 0 saturated carbocycles. The van der Waals surface area contributed by atoms with Gasteiger partial charge in [0.15, 0.2) is 0 Å². The highest BCUT2D eigenvalue weighted by molar-refractivity contribution is 6.31. The summed E-state index contributed by atoms with van der Waals surface area (Å²) >= 11 is 5.98. The van der Waals surface area contributed by atoms with Crippen LogP contribution in [-0.2, 0) is 6.42 Å². The van der Waals surface area contributed by atoms with E-state index in [2.05, 4.69) is 15.0 Å². The minimum atomic E-state index is -0.684. The topological polar surface area (TPSA) is 58.9 Å². The van der Waals surface area contributed by atoms with E-state index in [1.807, 2.05) is 0 Å². The van der Waals surface area contributed by atoms with Crippen LogP contribution < -0.4 is 0 Å². The molecule has 0 aliphatic carbocycles. The molecule has 2 aromatic rings. The van der Waals surface area contributed by atoms with Crippen molar-refractivity contribution in [3.8, 4) is 0 Å². The van der Waals surface area contributed by atoms with E-state index in [9.17, 15) is 5.11 Å². The number of rotatable bonds is 3. The summed E-state index contributed by atoms with van der Waals surface area (Å²) in [5.74, 6) is 0.641. The van der Waals surface area contributed by atoms with Gasteiger partial charge in [0, 0.05) is 25.0 Å². The van der Waals surface area contributed by atoms with E-state index in [4.69, 9.17) is 11.6 Å². The van der Waals surface area contributed by atoms with Crippen molar-refractivity contribution in [1.29, 1.82) is 0 Å². The van der Waals surface area contributed by atoms with Crippen LogP contribution in [0.5, 0.6) is 0 Å². The number of hydrogen-bond acceptors (Lipinski definition) is 4. The van der Waals surface area contributed by atoms with Crippen molar-refractivity contribution >= 4 is 11.6 Å². The third-order valence-corrected chi connectivity index (χ3v) is 2.75. The molecule has 1 N–H and O–H groups in total. The predicted octanol–water partition coefficient (Wildman–Crippen LogP) is 2.11. The summed E-state index contributed by atoms with van der Waals surface area (Å²) in [5, 5.41) is 10.6. The monoisotopic (exact) mass is 249 g/mol. The molecule has 2 aromatic heterocycles. The number of aromatic nitrogens is 3. The maximum absolute atomic E-state index is 10.1. The Kier molecular flexibility index (Phi) is 3.66. The van der Waals surface area contributed by atoms with Crippen molar-refractivity contribution in [2.24, 2.45) is 0 Å². The molecule has 0 amide bonds. The van der Waals surface area contributed by atoms with Crippen molar-refractivity contribution in [2.45, 2.75) is 19.4 Å². The van der Waals surface area contributed by atoms with Crippen LogP contribution in [0.2, 0.25) is 5.02 Å². The molecule has 5 heteroatoms. The second-order valence-corrected chi connectivity index (χ2v) is 4.12. The highest BCUT2D eigenvalue weighted by Gasteiger charge is 2.12. The maximum Gasteiger partial charge on any atom is 0.125 e. The number of halogens is 1. The zero-order valence-electron chi connectivity index (χ0n) is 9.34. The third-order valence-electron chi connectivity index (χ3n) is 2.41. The summed E-state index contributed by atoms with van der Waals surface area (Å²) in [6.07, 6.45) is 4.58. The highest BCUT2D eigenvalue weighted by Crippen LogP contribution is 2.21. The van der Waals surface area contributed by atoms with Crippen molar-refractivity contribution in [1.82, 2.24) is 15.0 Å². The first kappa shape index (κ1) is 12.0. The quantitative estimate of drug-likeness (QED) is 0.905. The highest BCUT2D eigenvalue weighted by atomic mass is 35.5. The third kappa shape index (κ3) is 2.99. The largest absolute Gasteiger partial charge is 0.386 e. The first-order valence-corrected chi connectivity index (χ1v) is 5.60. The molecule has 0 radical (unpaired) electrons. The number of hydrogen-bond donors (Lipinski definition) is 1. The fourth-order valence-corrected chi connectivity index (χ4v) is 1.74. The molecule has 0 aromatic carbocycles. The molecule has 17 heavy (non-hydrogen) atoms. The lowest BCUT2D eigenvalue weighted by molar-refractivity contribution is 0.173. The molecule has 4 nitrogen and oxygen atoms in total. The van der Waals surface area contributed by atoms with Crippen molar-refractivity contribution in [3.05, 3.63) is 52.8 Å². The Morgan fingerprint density at radius 2 is 2.18 bits per heavy atom. The Hall–Kier alpha value is -1.52. The molecule has 0 bridgehead atoms. The Morgan fingerprint density at radius 3 is 2.88 bits per heavy atom. The lowest BCUT2D eigenvalue weighted by atomic mass is 10.1. The first-order valence-electron chi connectivity index (χ1n) is 5.23. The molecule has 0 saturated heterocycles. The Labute approximate surface area is 104 Å². The molecule has 88 valence electrons. The Bertz CT molecular complexity index is 519. The van der Waals surface area contributed by atoms with Crippen LogP contribution in [0.4, 0.5) is 0 Å². The predicted molar refractivity (Wildman–Crippen MR) is 64.7 cm³/mol. The fourth-order valence-electron chi connectivity index (χ4n) is 1.54. The minimum absolute atomic E-state index is 0.414. The standard InChI is InChI=1S/C12H12ClN3O/c1-8-15-5-3-11(16-8)12(17)6-9-2-4-14-7-10(9)13/h2-5,7,12,17H,6H2,1H3. The van der Waals surface area contributed by atoms with Crippen LogP contribution in [0, 0.1) is 6.92 Å². The number of aliphatic hydroxyl groups is 1. The Morgan fingerprint density at radius 1 is 1.35 bits per heavy atom. The van der Waals surface area contributed by atoms with E-state index < -0.39 is 6.10 Å². The van der Waals surface area contributed by atoms with Crippen molar-refractivity contribution < 1.29 is 5.11 Å². The van der Waals surface area contributed by atoms with Gasteiger partial charge in [-0.25, -0.2) is 9.97 Å². The summed E-state index contributed by atoms with van der Waals surface area (Å²) in [4.78, 5) is 12.1. The summed E-state index contributed by atoms with van der Waals surface area (Å²) < 4.78 is 0. The average Bonchev–Trinajstić information content (AvgIpc) is 2.32. The van der Waals surface area contributed by atoms with Gasteiger partial charge < -0.3 is 5.11 Å². The first-order chi connectivity index (χ1) is 8.16. The van der Waals surface area contributed by atoms with Gasteiger partial charge in [0.25, 0.3) is 0 Å².